The first kappa shape index (κ1) is 13.7. The molecule has 2 aromatic rings. The number of nitrogens with one attached hydrogen (secondary N) is 1. The summed E-state index contributed by atoms with van der Waals surface area (Å²) in [6, 6.07) is 7.57. The molecular formula is C13H11FIN3O. The van der Waals surface area contributed by atoms with Gasteiger partial charge >= 0.3 is 0 Å². The number of carbonyl (C=O) groups excluding carboxylic acids is 1. The van der Waals surface area contributed by atoms with Gasteiger partial charge in [-0.05, 0) is 46.4 Å². The molecule has 0 atom stereocenters. The molecule has 1 amide bonds. The number of rotatable bonds is 3. The number of aromatic nitrogens is 1. The van der Waals surface area contributed by atoms with Crippen LogP contribution in [0.1, 0.15) is 15.9 Å². The van der Waals surface area contributed by atoms with Gasteiger partial charge in [0.1, 0.15) is 9.52 Å². The molecule has 0 radical (unpaired) electrons. The van der Waals surface area contributed by atoms with Crippen molar-refractivity contribution in [2.45, 2.75) is 6.54 Å². The van der Waals surface area contributed by atoms with Gasteiger partial charge in [0.2, 0.25) is 0 Å². The minimum atomic E-state index is -0.303. The minimum Gasteiger partial charge on any atom is -0.397 e. The third-order valence-corrected chi connectivity index (χ3v) is 3.10. The van der Waals surface area contributed by atoms with Gasteiger partial charge in [-0.2, -0.15) is 0 Å². The number of nitrogen functional groups attached to an aromatic ring is 1. The Morgan fingerprint density at radius 1 is 1.37 bits per heavy atom. The lowest BCUT2D eigenvalue weighted by molar-refractivity contribution is 0.0951. The van der Waals surface area contributed by atoms with E-state index in [2.05, 4.69) is 10.3 Å². The number of halogens is 2. The van der Waals surface area contributed by atoms with Crippen molar-refractivity contribution in [3.63, 3.8) is 0 Å². The number of hydrogen-bond acceptors (Lipinski definition) is 3. The number of carbonyl (C=O) groups is 1. The van der Waals surface area contributed by atoms with Crippen LogP contribution < -0.4 is 11.1 Å². The highest BCUT2D eigenvalue weighted by molar-refractivity contribution is 14.1. The molecule has 0 bridgehead atoms. The highest BCUT2D eigenvalue weighted by atomic mass is 127. The van der Waals surface area contributed by atoms with E-state index in [0.717, 1.165) is 5.56 Å². The maximum absolute atomic E-state index is 12.7. The van der Waals surface area contributed by atoms with Gasteiger partial charge in [0.05, 0.1) is 17.4 Å². The van der Waals surface area contributed by atoms with Crippen molar-refractivity contribution in [3.05, 3.63) is 57.2 Å². The van der Waals surface area contributed by atoms with E-state index in [-0.39, 0.29) is 11.7 Å². The predicted octanol–water partition coefficient (Wildman–Crippen LogP) is 2.34. The lowest BCUT2D eigenvalue weighted by Gasteiger charge is -2.07. The van der Waals surface area contributed by atoms with E-state index < -0.39 is 0 Å². The van der Waals surface area contributed by atoms with Crippen LogP contribution in [0, 0.1) is 9.52 Å². The molecule has 1 aromatic carbocycles. The molecule has 98 valence electrons. The van der Waals surface area contributed by atoms with Crippen LogP contribution in [-0.4, -0.2) is 10.9 Å². The molecule has 0 aliphatic heterocycles. The third-order valence-electron chi connectivity index (χ3n) is 2.51. The monoisotopic (exact) mass is 371 g/mol. The topological polar surface area (TPSA) is 68.0 Å². The summed E-state index contributed by atoms with van der Waals surface area (Å²) in [4.78, 5) is 16.0. The number of hydrogen-bond donors (Lipinski definition) is 2. The van der Waals surface area contributed by atoms with E-state index in [1.165, 1.54) is 18.3 Å². The molecule has 0 spiro atoms. The fraction of sp³-hybridized carbons (Fsp3) is 0.0769. The maximum atomic E-state index is 12.7. The average Bonchev–Trinajstić information content (AvgIpc) is 2.40. The minimum absolute atomic E-state index is 0.276. The molecule has 0 unspecified atom stereocenters. The van der Waals surface area contributed by atoms with Gasteiger partial charge in [-0.15, -0.1) is 0 Å². The largest absolute Gasteiger partial charge is 0.397 e. The first-order valence-electron chi connectivity index (χ1n) is 5.50. The summed E-state index contributed by atoms with van der Waals surface area (Å²) < 4.78 is 13.4. The fourth-order valence-electron chi connectivity index (χ4n) is 1.52. The van der Waals surface area contributed by atoms with Crippen molar-refractivity contribution < 1.29 is 9.18 Å². The first-order valence-corrected chi connectivity index (χ1v) is 6.58. The van der Waals surface area contributed by atoms with E-state index >= 15 is 0 Å². The number of anilines is 1. The molecule has 2 rings (SSSR count). The molecule has 0 saturated heterocycles. The summed E-state index contributed by atoms with van der Waals surface area (Å²) in [5.74, 6) is -0.579. The van der Waals surface area contributed by atoms with Crippen molar-refractivity contribution in [2.24, 2.45) is 0 Å². The van der Waals surface area contributed by atoms with Crippen molar-refractivity contribution in [1.82, 2.24) is 10.3 Å². The quantitative estimate of drug-likeness (QED) is 0.643. The van der Waals surface area contributed by atoms with Crippen LogP contribution >= 0.6 is 22.6 Å². The Hall–Kier alpha value is -1.70. The van der Waals surface area contributed by atoms with Crippen LogP contribution in [-0.2, 0) is 6.54 Å². The van der Waals surface area contributed by atoms with E-state index in [0.29, 0.717) is 21.5 Å². The lowest BCUT2D eigenvalue weighted by atomic mass is 10.2. The highest BCUT2D eigenvalue weighted by Crippen LogP contribution is 2.13. The number of nitrogens with zero attached hydrogens (tertiary/aromatic N) is 1. The molecule has 0 fully saturated rings. The number of amides is 1. The summed E-state index contributed by atoms with van der Waals surface area (Å²) in [6.45, 7) is 0.317. The second kappa shape index (κ2) is 5.96. The molecule has 0 aliphatic carbocycles. The first-order chi connectivity index (χ1) is 9.06. The van der Waals surface area contributed by atoms with Crippen LogP contribution in [0.15, 0.2) is 36.5 Å². The van der Waals surface area contributed by atoms with Crippen LogP contribution in [0.25, 0.3) is 0 Å². The zero-order valence-electron chi connectivity index (χ0n) is 9.86. The van der Waals surface area contributed by atoms with E-state index in [1.807, 2.05) is 22.6 Å². The summed E-state index contributed by atoms with van der Waals surface area (Å²) in [7, 11) is 0. The molecule has 0 aliphatic rings. The second-order valence-corrected chi connectivity index (χ2v) is 5.01. The van der Waals surface area contributed by atoms with Crippen molar-refractivity contribution >= 4 is 34.2 Å². The zero-order valence-corrected chi connectivity index (χ0v) is 12.0. The number of benzene rings is 1. The number of pyridine rings is 1. The van der Waals surface area contributed by atoms with Gasteiger partial charge in [0.15, 0.2) is 0 Å². The second-order valence-electron chi connectivity index (χ2n) is 3.90. The molecule has 1 heterocycles. The molecule has 1 aromatic heterocycles. The van der Waals surface area contributed by atoms with Gasteiger partial charge in [-0.1, -0.05) is 12.1 Å². The van der Waals surface area contributed by atoms with E-state index in [9.17, 15) is 9.18 Å². The highest BCUT2D eigenvalue weighted by Gasteiger charge is 2.10. The summed E-state index contributed by atoms with van der Waals surface area (Å²) in [5, 5.41) is 2.73. The Balaban J connectivity index is 2.05. The standard InChI is InChI=1S/C13H11FIN3O/c14-9-3-1-8(2-4-9)6-18-13(19)10-5-12(15)17-7-11(10)16/h1-5,7H,6,16H2,(H,18,19). The van der Waals surface area contributed by atoms with Crippen molar-refractivity contribution in [3.8, 4) is 0 Å². The van der Waals surface area contributed by atoms with Gasteiger partial charge in [-0.25, -0.2) is 9.37 Å². The number of nitrogens with two attached hydrogens (primary N) is 1. The smallest absolute Gasteiger partial charge is 0.253 e. The Morgan fingerprint density at radius 3 is 2.74 bits per heavy atom. The van der Waals surface area contributed by atoms with E-state index in [4.69, 9.17) is 5.73 Å². The van der Waals surface area contributed by atoms with Gasteiger partial charge in [-0.3, -0.25) is 4.79 Å². The van der Waals surface area contributed by atoms with Crippen LogP contribution in [0.2, 0.25) is 0 Å². The predicted molar refractivity (Wildman–Crippen MR) is 78.9 cm³/mol. The van der Waals surface area contributed by atoms with Crippen LogP contribution in [0.3, 0.4) is 0 Å². The SMILES string of the molecule is Nc1cnc(I)cc1C(=O)NCc1ccc(F)cc1. The third kappa shape index (κ3) is 3.63. The van der Waals surface area contributed by atoms with Crippen LogP contribution in [0.5, 0.6) is 0 Å². The van der Waals surface area contributed by atoms with Gasteiger partial charge in [0.25, 0.3) is 5.91 Å². The average molecular weight is 371 g/mol. The lowest BCUT2D eigenvalue weighted by Crippen LogP contribution is -2.24. The van der Waals surface area contributed by atoms with Gasteiger partial charge in [0, 0.05) is 6.54 Å². The normalized spacial score (nSPS) is 10.2. The van der Waals surface area contributed by atoms with E-state index in [1.54, 1.807) is 18.2 Å². The van der Waals surface area contributed by atoms with Gasteiger partial charge < -0.3 is 11.1 Å². The Bertz CT molecular complexity index is 601. The summed E-state index contributed by atoms with van der Waals surface area (Å²) in [5.41, 5.74) is 7.24. The Kier molecular flexibility index (Phi) is 4.31. The summed E-state index contributed by atoms with van der Waals surface area (Å²) >= 11 is 2.01. The van der Waals surface area contributed by atoms with Crippen molar-refractivity contribution in [1.29, 1.82) is 0 Å². The van der Waals surface area contributed by atoms with Crippen molar-refractivity contribution in [2.75, 3.05) is 5.73 Å². The molecule has 6 heteroatoms. The maximum Gasteiger partial charge on any atom is 0.253 e. The zero-order chi connectivity index (χ0) is 13.8. The molecule has 0 saturated carbocycles. The molecule has 3 N–H and O–H groups in total. The fourth-order valence-corrected chi connectivity index (χ4v) is 1.97. The van der Waals surface area contributed by atoms with Crippen LogP contribution in [0.4, 0.5) is 10.1 Å². The molecular weight excluding hydrogens is 360 g/mol. The Morgan fingerprint density at radius 2 is 2.05 bits per heavy atom. The molecule has 4 nitrogen and oxygen atoms in total. The molecule has 19 heavy (non-hydrogen) atoms. The Labute approximate surface area is 123 Å². The summed E-state index contributed by atoms with van der Waals surface area (Å²) in [6.07, 6.45) is 1.45.